The third kappa shape index (κ3) is 0.920. The van der Waals surface area contributed by atoms with Crippen LogP contribution in [-0.4, -0.2) is 23.3 Å². The summed E-state index contributed by atoms with van der Waals surface area (Å²) in [5, 5.41) is 9.09. The Morgan fingerprint density at radius 3 is 2.22 bits per heavy atom. The highest BCUT2D eigenvalue weighted by atomic mass is 16.6. The van der Waals surface area contributed by atoms with E-state index in [1.54, 1.807) is 13.8 Å². The molecule has 0 radical (unpaired) electrons. The molecule has 0 aromatic heterocycles. The number of hydrogen-bond donors (Lipinski definition) is 1. The van der Waals surface area contributed by atoms with Gasteiger partial charge in [-0.15, -0.1) is 0 Å². The summed E-state index contributed by atoms with van der Waals surface area (Å²) in [6.07, 6.45) is -0.940. The van der Waals surface area contributed by atoms with Crippen LogP contribution in [0, 0.1) is 5.92 Å². The number of rotatable bonds is 0. The van der Waals surface area contributed by atoms with E-state index in [0.717, 1.165) is 0 Å². The quantitative estimate of drug-likeness (QED) is 0.467. The van der Waals surface area contributed by atoms with E-state index in [1.165, 1.54) is 0 Å². The van der Waals surface area contributed by atoms with E-state index in [4.69, 9.17) is 9.84 Å². The van der Waals surface area contributed by atoms with E-state index >= 15 is 0 Å². The lowest BCUT2D eigenvalue weighted by molar-refractivity contribution is -0.143. The lowest BCUT2D eigenvalue weighted by atomic mass is 10.1. The second-order valence-corrected chi connectivity index (χ2v) is 2.42. The molecule has 3 nitrogen and oxygen atoms in total. The summed E-state index contributed by atoms with van der Waals surface area (Å²) in [6, 6.07) is 0. The lowest BCUT2D eigenvalue weighted by Crippen LogP contribution is -2.22. The molecule has 3 unspecified atom stereocenters. The van der Waals surface area contributed by atoms with Crippen molar-refractivity contribution in [2.75, 3.05) is 0 Å². The molecule has 0 amide bonds. The Kier molecular flexibility index (Phi) is 1.45. The number of ether oxygens (including phenoxy) is 1. The lowest BCUT2D eigenvalue weighted by Gasteiger charge is -2.05. The van der Waals surface area contributed by atoms with Gasteiger partial charge in [0, 0.05) is 0 Å². The van der Waals surface area contributed by atoms with Crippen LogP contribution < -0.4 is 0 Å². The Morgan fingerprint density at radius 2 is 2.11 bits per heavy atom. The molecule has 1 rings (SSSR count). The van der Waals surface area contributed by atoms with Crippen LogP contribution >= 0.6 is 0 Å². The molecule has 52 valence electrons. The Balaban J connectivity index is 2.65. The highest BCUT2D eigenvalue weighted by Crippen LogP contribution is 2.20. The second kappa shape index (κ2) is 1.99. The zero-order valence-electron chi connectivity index (χ0n) is 5.50. The van der Waals surface area contributed by atoms with Crippen LogP contribution in [0.5, 0.6) is 0 Å². The minimum atomic E-state index is -0.613. The number of aliphatic hydroxyl groups excluding tert-OH is 1. The van der Waals surface area contributed by atoms with Crippen molar-refractivity contribution in [2.45, 2.75) is 26.1 Å². The van der Waals surface area contributed by atoms with Crippen molar-refractivity contribution in [1.82, 2.24) is 0 Å². The summed E-state index contributed by atoms with van der Waals surface area (Å²) in [5.41, 5.74) is 0. The first kappa shape index (κ1) is 6.55. The predicted octanol–water partition coefficient (Wildman–Crippen LogP) is -0.0713. The molecule has 3 heteroatoms. The van der Waals surface area contributed by atoms with Gasteiger partial charge in [0.15, 0.2) is 0 Å². The maximum absolute atomic E-state index is 10.6. The molecule has 0 aromatic carbocycles. The molecule has 0 spiro atoms. The normalized spacial score (nSPS) is 43.0. The van der Waals surface area contributed by atoms with Gasteiger partial charge < -0.3 is 9.84 Å². The highest BCUT2D eigenvalue weighted by molar-refractivity contribution is 5.75. The van der Waals surface area contributed by atoms with Crippen molar-refractivity contribution in [2.24, 2.45) is 5.92 Å². The van der Waals surface area contributed by atoms with Gasteiger partial charge in [0.1, 0.15) is 12.2 Å². The molecule has 1 fully saturated rings. The van der Waals surface area contributed by atoms with Crippen molar-refractivity contribution in [3.8, 4) is 0 Å². The molecule has 0 aliphatic carbocycles. The summed E-state index contributed by atoms with van der Waals surface area (Å²) in [6.45, 7) is 3.35. The Labute approximate surface area is 53.6 Å². The van der Waals surface area contributed by atoms with E-state index in [9.17, 15) is 4.79 Å². The zero-order chi connectivity index (χ0) is 7.02. The summed E-state index contributed by atoms with van der Waals surface area (Å²) >= 11 is 0. The van der Waals surface area contributed by atoms with Crippen molar-refractivity contribution in [3.05, 3.63) is 0 Å². The fourth-order valence-electron chi connectivity index (χ4n) is 0.906. The minimum Gasteiger partial charge on any atom is -0.460 e. The summed E-state index contributed by atoms with van der Waals surface area (Å²) in [5.74, 6) is -0.644. The van der Waals surface area contributed by atoms with E-state index in [-0.39, 0.29) is 18.0 Å². The van der Waals surface area contributed by atoms with Crippen LogP contribution in [0.3, 0.4) is 0 Å². The van der Waals surface area contributed by atoms with Crippen molar-refractivity contribution in [3.63, 3.8) is 0 Å². The Bertz CT molecular complexity index is 132. The first-order valence-electron chi connectivity index (χ1n) is 3.01. The molecule has 1 aliphatic heterocycles. The second-order valence-electron chi connectivity index (χ2n) is 2.42. The molecule has 0 bridgehead atoms. The van der Waals surface area contributed by atoms with Gasteiger partial charge in [-0.2, -0.15) is 0 Å². The highest BCUT2D eigenvalue weighted by Gasteiger charge is 2.37. The molecule has 9 heavy (non-hydrogen) atoms. The maximum atomic E-state index is 10.6. The molecule has 1 heterocycles. The van der Waals surface area contributed by atoms with Crippen LogP contribution in [0.2, 0.25) is 0 Å². The average Bonchev–Trinajstić information content (AvgIpc) is 1.98. The number of cyclic esters (lactones) is 1. The van der Waals surface area contributed by atoms with Crippen LogP contribution in [0.1, 0.15) is 13.8 Å². The smallest absolute Gasteiger partial charge is 0.311 e. The molecular weight excluding hydrogens is 120 g/mol. The molecule has 1 N–H and O–H groups in total. The van der Waals surface area contributed by atoms with Gasteiger partial charge in [0.2, 0.25) is 0 Å². The Hall–Kier alpha value is -0.570. The first-order chi connectivity index (χ1) is 4.13. The van der Waals surface area contributed by atoms with Gasteiger partial charge in [-0.3, -0.25) is 4.79 Å². The Morgan fingerprint density at radius 1 is 1.56 bits per heavy atom. The fraction of sp³-hybridized carbons (Fsp3) is 0.833. The number of esters is 1. The molecule has 0 aromatic rings. The van der Waals surface area contributed by atoms with Gasteiger partial charge in [0.25, 0.3) is 0 Å². The van der Waals surface area contributed by atoms with Gasteiger partial charge in [-0.1, -0.05) is 0 Å². The third-order valence-electron chi connectivity index (χ3n) is 1.67. The number of carbonyl (C=O) groups is 1. The van der Waals surface area contributed by atoms with E-state index in [2.05, 4.69) is 0 Å². The monoisotopic (exact) mass is 130 g/mol. The van der Waals surface area contributed by atoms with Gasteiger partial charge in [0.05, 0.1) is 5.92 Å². The topological polar surface area (TPSA) is 46.5 Å². The van der Waals surface area contributed by atoms with Crippen LogP contribution in [0.15, 0.2) is 0 Å². The van der Waals surface area contributed by atoms with Crippen molar-refractivity contribution in [1.29, 1.82) is 0 Å². The number of aliphatic hydroxyl groups is 1. The summed E-state index contributed by atoms with van der Waals surface area (Å²) in [4.78, 5) is 10.6. The van der Waals surface area contributed by atoms with Crippen LogP contribution in [0.25, 0.3) is 0 Å². The molecule has 1 saturated heterocycles. The number of carbonyl (C=O) groups excluding carboxylic acids is 1. The fourth-order valence-corrected chi connectivity index (χ4v) is 0.906. The summed E-state index contributed by atoms with van der Waals surface area (Å²) < 4.78 is 4.70. The predicted molar refractivity (Wildman–Crippen MR) is 30.7 cm³/mol. The molecule has 3 atom stereocenters. The van der Waals surface area contributed by atoms with Gasteiger partial charge >= 0.3 is 5.97 Å². The van der Waals surface area contributed by atoms with E-state index < -0.39 is 6.10 Å². The van der Waals surface area contributed by atoms with Crippen molar-refractivity contribution >= 4 is 5.97 Å². The molecule has 1 aliphatic rings. The SMILES string of the molecule is CC1OC(=O)C(C)C1O. The van der Waals surface area contributed by atoms with Crippen LogP contribution in [-0.2, 0) is 9.53 Å². The average molecular weight is 130 g/mol. The molecular formula is C6H10O3. The van der Waals surface area contributed by atoms with Gasteiger partial charge in [-0.05, 0) is 13.8 Å². The number of hydrogen-bond acceptors (Lipinski definition) is 3. The minimum absolute atomic E-state index is 0.296. The third-order valence-corrected chi connectivity index (χ3v) is 1.67. The first-order valence-corrected chi connectivity index (χ1v) is 3.01. The standard InChI is InChI=1S/C6H10O3/c1-3-5(7)4(2)9-6(3)8/h3-5,7H,1-2H3. The van der Waals surface area contributed by atoms with Crippen LogP contribution in [0.4, 0.5) is 0 Å². The summed E-state index contributed by atoms with van der Waals surface area (Å²) in [7, 11) is 0. The maximum Gasteiger partial charge on any atom is 0.311 e. The largest absolute Gasteiger partial charge is 0.460 e. The van der Waals surface area contributed by atoms with E-state index in [1.807, 2.05) is 0 Å². The van der Waals surface area contributed by atoms with Gasteiger partial charge in [-0.25, -0.2) is 0 Å². The molecule has 0 saturated carbocycles. The van der Waals surface area contributed by atoms with Crippen molar-refractivity contribution < 1.29 is 14.6 Å². The van der Waals surface area contributed by atoms with E-state index in [0.29, 0.717) is 0 Å². The zero-order valence-corrected chi connectivity index (χ0v) is 5.50.